The Kier molecular flexibility index (Phi) is 4.35. The first kappa shape index (κ1) is 15.4. The highest BCUT2D eigenvalue weighted by Gasteiger charge is 2.43. The molecule has 1 aromatic rings. The van der Waals surface area contributed by atoms with Crippen molar-refractivity contribution in [1.82, 2.24) is 4.90 Å². The molecular weight excluding hydrogens is 276 g/mol. The van der Waals surface area contributed by atoms with E-state index < -0.39 is 0 Å². The largest absolute Gasteiger partial charge is 0.329 e. The molecule has 3 heteroatoms. The van der Waals surface area contributed by atoms with Gasteiger partial charge in [-0.3, -0.25) is 4.90 Å². The summed E-state index contributed by atoms with van der Waals surface area (Å²) in [7, 11) is 0. The first-order valence-electron chi connectivity index (χ1n) is 8.14. The van der Waals surface area contributed by atoms with Crippen molar-refractivity contribution in [1.29, 1.82) is 0 Å². The summed E-state index contributed by atoms with van der Waals surface area (Å²) in [5, 5.41) is 0. The summed E-state index contributed by atoms with van der Waals surface area (Å²) in [6.45, 7) is 7.84. The first-order valence-corrected chi connectivity index (χ1v) is 9.30. The van der Waals surface area contributed by atoms with Crippen LogP contribution in [0.15, 0.2) is 24.3 Å². The predicted molar refractivity (Wildman–Crippen MR) is 92.7 cm³/mol. The van der Waals surface area contributed by atoms with Gasteiger partial charge < -0.3 is 5.73 Å². The van der Waals surface area contributed by atoms with E-state index in [0.29, 0.717) is 5.41 Å². The minimum Gasteiger partial charge on any atom is -0.329 e. The van der Waals surface area contributed by atoms with Crippen LogP contribution < -0.4 is 5.73 Å². The molecule has 1 saturated heterocycles. The second-order valence-corrected chi connectivity index (χ2v) is 8.54. The van der Waals surface area contributed by atoms with E-state index in [1.54, 1.807) is 0 Å². The van der Waals surface area contributed by atoms with Crippen LogP contribution >= 0.6 is 11.8 Å². The Bertz CT molecular complexity index is 500. The molecule has 1 atom stereocenters. The van der Waals surface area contributed by atoms with Gasteiger partial charge in [0.2, 0.25) is 0 Å². The van der Waals surface area contributed by atoms with Gasteiger partial charge in [-0.15, -0.1) is 0 Å². The molecule has 2 nitrogen and oxygen atoms in total. The lowest BCUT2D eigenvalue weighted by Crippen LogP contribution is -2.59. The normalized spacial score (nSPS) is 29.7. The third-order valence-corrected chi connectivity index (χ3v) is 6.80. The molecule has 0 aliphatic carbocycles. The van der Waals surface area contributed by atoms with Crippen molar-refractivity contribution in [3.8, 4) is 0 Å². The molecule has 2 aliphatic rings. The zero-order valence-electron chi connectivity index (χ0n) is 13.4. The maximum Gasteiger partial charge on any atom is 0.0430 e. The second-order valence-electron chi connectivity index (χ2n) is 7.56. The van der Waals surface area contributed by atoms with E-state index in [4.69, 9.17) is 5.73 Å². The van der Waals surface area contributed by atoms with Crippen molar-refractivity contribution in [3.63, 3.8) is 0 Å². The molecule has 2 heterocycles. The number of thioether (sulfide) groups is 1. The summed E-state index contributed by atoms with van der Waals surface area (Å²) in [4.78, 5) is 2.70. The number of fused-ring (bicyclic) bond motifs is 1. The summed E-state index contributed by atoms with van der Waals surface area (Å²) in [6.07, 6.45) is 3.69. The highest BCUT2D eigenvalue weighted by atomic mass is 32.2. The fourth-order valence-corrected chi connectivity index (χ4v) is 5.62. The van der Waals surface area contributed by atoms with Crippen molar-refractivity contribution >= 4 is 11.8 Å². The molecule has 0 amide bonds. The minimum atomic E-state index is 0.184. The standard InChI is InChI=1S/C18H28N2S/c1-17(2)11-18(12-19,14-21-13-17)20-9-5-8-15-6-3-4-7-16(15)10-20/h3-4,6-7H,5,8-14,19H2,1-2H3. The van der Waals surface area contributed by atoms with Gasteiger partial charge in [-0.05, 0) is 48.1 Å². The summed E-state index contributed by atoms with van der Waals surface area (Å²) in [5.41, 5.74) is 9.93. The van der Waals surface area contributed by atoms with Gasteiger partial charge in [0, 0.05) is 24.4 Å². The smallest absolute Gasteiger partial charge is 0.0430 e. The first-order chi connectivity index (χ1) is 10.0. The van der Waals surface area contributed by atoms with Crippen LogP contribution in [-0.4, -0.2) is 35.0 Å². The molecule has 0 spiro atoms. The highest BCUT2D eigenvalue weighted by molar-refractivity contribution is 7.99. The van der Waals surface area contributed by atoms with Crippen LogP contribution in [0.3, 0.4) is 0 Å². The number of nitrogens with zero attached hydrogens (tertiary/aromatic N) is 1. The molecule has 21 heavy (non-hydrogen) atoms. The zero-order valence-corrected chi connectivity index (χ0v) is 14.2. The molecule has 0 radical (unpaired) electrons. The molecule has 0 bridgehead atoms. The predicted octanol–water partition coefficient (Wildman–Crippen LogP) is 3.30. The van der Waals surface area contributed by atoms with Crippen LogP contribution in [0.2, 0.25) is 0 Å². The van der Waals surface area contributed by atoms with E-state index in [9.17, 15) is 0 Å². The van der Waals surface area contributed by atoms with E-state index >= 15 is 0 Å². The molecule has 1 unspecified atom stereocenters. The van der Waals surface area contributed by atoms with Crippen LogP contribution in [0.5, 0.6) is 0 Å². The van der Waals surface area contributed by atoms with Crippen LogP contribution in [0.4, 0.5) is 0 Å². The van der Waals surface area contributed by atoms with E-state index in [1.165, 1.54) is 48.4 Å². The number of rotatable bonds is 2. The quantitative estimate of drug-likeness (QED) is 0.909. The number of aryl methyl sites for hydroxylation is 1. The summed E-state index contributed by atoms with van der Waals surface area (Å²) < 4.78 is 0. The Balaban J connectivity index is 1.87. The SMILES string of the molecule is CC1(C)CSCC(CN)(N2CCCc3ccccc3C2)C1. The van der Waals surface area contributed by atoms with Gasteiger partial charge in [0.05, 0.1) is 0 Å². The lowest BCUT2D eigenvalue weighted by molar-refractivity contribution is 0.0626. The summed E-state index contributed by atoms with van der Waals surface area (Å²) in [5.74, 6) is 2.45. The monoisotopic (exact) mass is 304 g/mol. The Morgan fingerprint density at radius 3 is 2.67 bits per heavy atom. The molecule has 116 valence electrons. The average molecular weight is 305 g/mol. The fourth-order valence-electron chi connectivity index (χ4n) is 4.08. The van der Waals surface area contributed by atoms with E-state index in [-0.39, 0.29) is 5.54 Å². The maximum absolute atomic E-state index is 6.31. The Labute approximate surface area is 133 Å². The molecule has 3 rings (SSSR count). The van der Waals surface area contributed by atoms with Crippen LogP contribution in [0, 0.1) is 5.41 Å². The number of hydrogen-bond donors (Lipinski definition) is 1. The second kappa shape index (κ2) is 5.94. The number of benzene rings is 1. The van der Waals surface area contributed by atoms with Gasteiger partial charge in [-0.2, -0.15) is 11.8 Å². The molecule has 1 fully saturated rings. The molecule has 2 aliphatic heterocycles. The van der Waals surface area contributed by atoms with Crippen molar-refractivity contribution in [2.75, 3.05) is 24.6 Å². The van der Waals surface area contributed by atoms with Gasteiger partial charge in [-0.25, -0.2) is 0 Å². The molecule has 0 saturated carbocycles. The third kappa shape index (κ3) is 3.15. The summed E-state index contributed by atoms with van der Waals surface area (Å²) >= 11 is 2.09. The Morgan fingerprint density at radius 2 is 1.95 bits per heavy atom. The van der Waals surface area contributed by atoms with Crippen LogP contribution in [-0.2, 0) is 13.0 Å². The van der Waals surface area contributed by atoms with Gasteiger partial charge in [0.1, 0.15) is 0 Å². The zero-order chi connectivity index (χ0) is 14.9. The fraction of sp³-hybridized carbons (Fsp3) is 0.667. The van der Waals surface area contributed by atoms with E-state index in [2.05, 4.69) is 54.8 Å². The Morgan fingerprint density at radius 1 is 1.19 bits per heavy atom. The van der Waals surface area contributed by atoms with Crippen molar-refractivity contribution < 1.29 is 0 Å². The molecule has 0 aromatic heterocycles. The lowest BCUT2D eigenvalue weighted by atomic mass is 9.78. The maximum atomic E-state index is 6.31. The number of nitrogens with two attached hydrogens (primary N) is 1. The highest BCUT2D eigenvalue weighted by Crippen LogP contribution is 2.43. The van der Waals surface area contributed by atoms with E-state index in [1.807, 2.05) is 0 Å². The minimum absolute atomic E-state index is 0.184. The van der Waals surface area contributed by atoms with Gasteiger partial charge in [0.15, 0.2) is 0 Å². The molecule has 1 aromatic carbocycles. The van der Waals surface area contributed by atoms with Crippen LogP contribution in [0.25, 0.3) is 0 Å². The topological polar surface area (TPSA) is 29.3 Å². The number of hydrogen-bond acceptors (Lipinski definition) is 3. The third-order valence-electron chi connectivity index (χ3n) is 5.08. The molecular formula is C18H28N2S. The average Bonchev–Trinajstić information content (AvgIpc) is 2.68. The van der Waals surface area contributed by atoms with Crippen molar-refractivity contribution in [2.45, 2.75) is 45.2 Å². The van der Waals surface area contributed by atoms with Crippen molar-refractivity contribution in [3.05, 3.63) is 35.4 Å². The van der Waals surface area contributed by atoms with Gasteiger partial charge >= 0.3 is 0 Å². The van der Waals surface area contributed by atoms with Gasteiger partial charge in [-0.1, -0.05) is 38.1 Å². The van der Waals surface area contributed by atoms with Gasteiger partial charge in [0.25, 0.3) is 0 Å². The van der Waals surface area contributed by atoms with Crippen molar-refractivity contribution in [2.24, 2.45) is 11.1 Å². The molecule has 2 N–H and O–H groups in total. The summed E-state index contributed by atoms with van der Waals surface area (Å²) in [6, 6.07) is 8.95. The van der Waals surface area contributed by atoms with E-state index in [0.717, 1.165) is 13.1 Å². The van der Waals surface area contributed by atoms with Crippen LogP contribution in [0.1, 0.15) is 37.8 Å². The lowest BCUT2D eigenvalue weighted by Gasteiger charge is -2.50. The Hall–Kier alpha value is -0.510.